The minimum absolute atomic E-state index is 0. The molecule has 9 heterocycles. The van der Waals surface area contributed by atoms with Gasteiger partial charge in [-0.2, -0.15) is 0 Å². The number of aromatic nitrogens is 8. The maximum atomic E-state index is 5.05. The summed E-state index contributed by atoms with van der Waals surface area (Å²) in [4.78, 5) is 40.1. The first-order valence-corrected chi connectivity index (χ1v) is 22.5. The largest absolute Gasteiger partial charge is 2.00 e. The van der Waals surface area contributed by atoms with Crippen molar-refractivity contribution < 1.29 is 17.1 Å². The van der Waals surface area contributed by atoms with Gasteiger partial charge in [-0.25, -0.2) is 9.97 Å². The second-order valence-electron chi connectivity index (χ2n) is 8.50. The van der Waals surface area contributed by atoms with Gasteiger partial charge in [0.15, 0.2) is 0 Å². The van der Waals surface area contributed by atoms with Crippen LogP contribution in [0.4, 0.5) is 0 Å². The fraction of sp³-hybridized carbons (Fsp3) is 0.200. The number of hydrogen-bond donors (Lipinski definition) is 0. The third kappa shape index (κ3) is 6.98. The Bertz CT molecular complexity index is 2060. The van der Waals surface area contributed by atoms with Gasteiger partial charge < -0.3 is 29.9 Å². The summed E-state index contributed by atoms with van der Waals surface area (Å²) in [5, 5.41) is 8.59. The molecule has 0 aliphatic carbocycles. The molecular formula is C30H26CuN8P8. The van der Waals surface area contributed by atoms with Gasteiger partial charge in [0.2, 0.25) is 0 Å². The normalized spacial score (nSPS) is 12.0. The molecule has 9 rings (SSSR count). The minimum atomic E-state index is 0. The SMILES string of the molecule is CC.CC.CC.[Cu+2].c1cpc2c(p1)-c1nc-2nc2[n-]c(nc3nc(nc4[n-]c(n1)c1pccpc41)-c1pccpc1-3)c1pccpc21. The standard InChI is InChI=1S/C24H8N8P8.3C2H6.Cu/c1-2-34-10-9(33-1)17-25-18(10)30-20-13-14(38-6-5-37-13)22(27-20)32-24-16-15(39-7-8-40-16)23(28-24)31-21-12-11(19(26-21)29-17)35-3-4-36-12;3*1-2;/h1-8H;3*1-2H3;/q-2;;;;+2. The Hall–Kier alpha value is -1.80. The molecule has 0 amide bonds. The molecule has 1 radical (unpaired) electrons. The van der Waals surface area contributed by atoms with E-state index in [0.717, 1.165) is 107 Å². The van der Waals surface area contributed by atoms with Gasteiger partial charge in [0, 0.05) is 64.2 Å². The maximum Gasteiger partial charge on any atom is 2.00 e. The summed E-state index contributed by atoms with van der Waals surface area (Å²) >= 11 is 0. The van der Waals surface area contributed by atoms with Crippen LogP contribution in [0.25, 0.3) is 87.5 Å². The third-order valence-corrected chi connectivity index (χ3v) is 15.7. The number of fused-ring (bicyclic) bond motifs is 20. The maximum absolute atomic E-state index is 5.05. The molecule has 2 aliphatic heterocycles. The van der Waals surface area contributed by atoms with Gasteiger partial charge in [-0.3, -0.25) is 0 Å². The van der Waals surface area contributed by atoms with Crippen molar-refractivity contribution in [1.82, 2.24) is 39.9 Å². The van der Waals surface area contributed by atoms with Crippen molar-refractivity contribution in [3.63, 3.8) is 0 Å². The Kier molecular flexibility index (Phi) is 13.0. The summed E-state index contributed by atoms with van der Waals surface area (Å²) in [5.41, 5.74) is 2.67. The molecule has 0 atom stereocenters. The molecule has 0 saturated heterocycles. The third-order valence-electron chi connectivity index (χ3n) is 6.18. The topological polar surface area (TPSA) is 106 Å². The van der Waals surface area contributed by atoms with Crippen LogP contribution in [0.2, 0.25) is 0 Å². The van der Waals surface area contributed by atoms with Crippen LogP contribution in [0.1, 0.15) is 41.5 Å². The smallest absolute Gasteiger partial charge is 0.356 e. The molecule has 0 fully saturated rings. The van der Waals surface area contributed by atoms with E-state index < -0.39 is 0 Å². The zero-order chi connectivity index (χ0) is 32.2. The van der Waals surface area contributed by atoms with Crippen LogP contribution in [0.5, 0.6) is 0 Å². The molecule has 8 bridgehead atoms. The number of hydrogen-bond acceptors (Lipinski definition) is 6. The molecule has 47 heavy (non-hydrogen) atoms. The van der Waals surface area contributed by atoms with Crippen molar-refractivity contribution in [2.75, 3.05) is 0 Å². The second-order valence-corrected chi connectivity index (χ2v) is 16.5. The van der Waals surface area contributed by atoms with Gasteiger partial charge in [0.25, 0.3) is 0 Å². The fourth-order valence-electron chi connectivity index (χ4n) is 4.51. The van der Waals surface area contributed by atoms with Gasteiger partial charge >= 0.3 is 17.1 Å². The molecule has 237 valence electrons. The Balaban J connectivity index is 0.000000589. The molecule has 0 spiro atoms. The van der Waals surface area contributed by atoms with Crippen LogP contribution < -0.4 is 9.97 Å². The van der Waals surface area contributed by atoms with Crippen LogP contribution in [-0.4, -0.2) is 29.9 Å². The molecule has 7 aromatic heterocycles. The Morgan fingerprint density at radius 3 is 0.787 bits per heavy atom. The monoisotopic (exact) mass is 809 g/mol. The van der Waals surface area contributed by atoms with Gasteiger partial charge in [0.1, 0.15) is 0 Å². The van der Waals surface area contributed by atoms with Gasteiger partial charge in [-0.15, -0.1) is 0 Å². The summed E-state index contributed by atoms with van der Waals surface area (Å²) in [6.45, 7) is 12.0. The second kappa shape index (κ2) is 16.7. The first-order chi connectivity index (χ1) is 22.8. The van der Waals surface area contributed by atoms with E-state index in [1.165, 1.54) is 0 Å². The predicted molar refractivity (Wildman–Crippen MR) is 208 cm³/mol. The summed E-state index contributed by atoms with van der Waals surface area (Å²) in [5.74, 6) is 19.8. The fourth-order valence-corrected chi connectivity index (χ4v) is 12.7. The van der Waals surface area contributed by atoms with E-state index in [1.807, 2.05) is 41.5 Å². The van der Waals surface area contributed by atoms with Crippen molar-refractivity contribution in [2.45, 2.75) is 41.5 Å². The van der Waals surface area contributed by atoms with E-state index in [0.29, 0.717) is 45.9 Å². The first kappa shape index (κ1) is 36.5. The molecule has 2 aliphatic rings. The zero-order valence-electron chi connectivity index (χ0n) is 26.1. The van der Waals surface area contributed by atoms with Gasteiger partial charge in [-0.1, -0.05) is 107 Å². The number of nitrogens with zero attached hydrogens (tertiary/aromatic N) is 8. The van der Waals surface area contributed by atoms with Crippen molar-refractivity contribution in [3.8, 4) is 44.5 Å². The van der Waals surface area contributed by atoms with E-state index in [1.54, 1.807) is 0 Å². The Morgan fingerprint density at radius 2 is 0.553 bits per heavy atom. The zero-order valence-corrected chi connectivity index (χ0v) is 34.2. The van der Waals surface area contributed by atoms with Crippen LogP contribution in [0.15, 0.2) is 46.4 Å². The van der Waals surface area contributed by atoms with Crippen molar-refractivity contribution in [3.05, 3.63) is 46.4 Å². The summed E-state index contributed by atoms with van der Waals surface area (Å²) in [6, 6.07) is 0. The van der Waals surface area contributed by atoms with Crippen molar-refractivity contribution in [1.29, 1.82) is 0 Å². The van der Waals surface area contributed by atoms with Crippen LogP contribution in [0.3, 0.4) is 0 Å². The Labute approximate surface area is 296 Å². The molecule has 0 unspecified atom stereocenters. The van der Waals surface area contributed by atoms with E-state index in [-0.39, 0.29) is 17.1 Å². The van der Waals surface area contributed by atoms with Gasteiger partial charge in [0.05, 0.1) is 23.3 Å². The van der Waals surface area contributed by atoms with Crippen molar-refractivity contribution >= 4 is 109 Å². The summed E-state index contributed by atoms with van der Waals surface area (Å²) in [6.07, 6.45) is 0. The van der Waals surface area contributed by atoms with Crippen LogP contribution in [0, 0.1) is 0 Å². The number of rotatable bonds is 0. The van der Waals surface area contributed by atoms with Gasteiger partial charge in [-0.05, 0) is 46.4 Å². The van der Waals surface area contributed by atoms with E-state index in [2.05, 4.69) is 46.4 Å². The van der Waals surface area contributed by atoms with E-state index in [9.17, 15) is 0 Å². The molecule has 8 nitrogen and oxygen atoms in total. The molecule has 17 heteroatoms. The molecular weight excluding hydrogens is 784 g/mol. The molecule has 0 aromatic carbocycles. The summed E-state index contributed by atoms with van der Waals surface area (Å²) < 4.78 is 0. The van der Waals surface area contributed by atoms with E-state index in [4.69, 9.17) is 39.9 Å². The summed E-state index contributed by atoms with van der Waals surface area (Å²) in [7, 11) is 8.44. The average Bonchev–Trinajstić information content (AvgIpc) is 3.87. The molecule has 0 saturated carbocycles. The van der Waals surface area contributed by atoms with Crippen LogP contribution in [-0.2, 0) is 17.1 Å². The van der Waals surface area contributed by atoms with Crippen LogP contribution >= 0.6 is 65.5 Å². The molecule has 7 aromatic rings. The minimum Gasteiger partial charge on any atom is -0.356 e. The Morgan fingerprint density at radius 1 is 0.340 bits per heavy atom. The predicted octanol–water partition coefficient (Wildman–Crippen LogP) is 13.8. The first-order valence-electron chi connectivity index (χ1n) is 14.8. The van der Waals surface area contributed by atoms with E-state index >= 15 is 0 Å². The molecule has 0 N–H and O–H groups in total. The average molecular weight is 810 g/mol. The van der Waals surface area contributed by atoms with Crippen molar-refractivity contribution in [2.24, 2.45) is 0 Å². The quantitative estimate of drug-likeness (QED) is 0.139.